The van der Waals surface area contributed by atoms with Crippen molar-refractivity contribution in [1.82, 2.24) is 10.6 Å². The van der Waals surface area contributed by atoms with Gasteiger partial charge in [-0.05, 0) is 25.2 Å². The van der Waals surface area contributed by atoms with Gasteiger partial charge in [-0.25, -0.2) is 0 Å². The molecule has 0 saturated carbocycles. The molecule has 5 nitrogen and oxygen atoms in total. The Kier molecular flexibility index (Phi) is 5.95. The molecular weight excluding hydrogens is 256 g/mol. The fourth-order valence-corrected chi connectivity index (χ4v) is 2.66. The summed E-state index contributed by atoms with van der Waals surface area (Å²) < 4.78 is 0. The molecule has 0 aromatic carbocycles. The summed E-state index contributed by atoms with van der Waals surface area (Å²) in [6, 6.07) is -0.873. The normalized spacial score (nSPS) is 26.8. The highest BCUT2D eigenvalue weighted by atomic mass is 16.4. The van der Waals surface area contributed by atoms with Crippen molar-refractivity contribution >= 4 is 11.9 Å². The third-order valence-corrected chi connectivity index (χ3v) is 3.79. The van der Waals surface area contributed by atoms with E-state index in [1.54, 1.807) is 6.08 Å². The van der Waals surface area contributed by atoms with Gasteiger partial charge in [-0.3, -0.25) is 14.9 Å². The van der Waals surface area contributed by atoms with E-state index < -0.39 is 12.0 Å². The van der Waals surface area contributed by atoms with Gasteiger partial charge in [-0.1, -0.05) is 25.2 Å². The van der Waals surface area contributed by atoms with Crippen LogP contribution in [0.1, 0.15) is 33.1 Å². The average Bonchev–Trinajstić information content (AvgIpc) is 2.81. The second-order valence-electron chi connectivity index (χ2n) is 5.33. The Morgan fingerprint density at radius 1 is 1.55 bits per heavy atom. The van der Waals surface area contributed by atoms with Crippen molar-refractivity contribution in [1.29, 1.82) is 0 Å². The van der Waals surface area contributed by atoms with Crippen LogP contribution in [0.3, 0.4) is 0 Å². The number of carboxylic acid groups (broad SMARTS) is 1. The van der Waals surface area contributed by atoms with Crippen molar-refractivity contribution in [2.24, 2.45) is 5.92 Å². The summed E-state index contributed by atoms with van der Waals surface area (Å²) in [4.78, 5) is 22.5. The lowest BCUT2D eigenvalue weighted by Gasteiger charge is -2.28. The van der Waals surface area contributed by atoms with E-state index in [0.29, 0.717) is 12.8 Å². The van der Waals surface area contributed by atoms with E-state index in [-0.39, 0.29) is 23.9 Å². The second kappa shape index (κ2) is 7.24. The topological polar surface area (TPSA) is 78.4 Å². The van der Waals surface area contributed by atoms with E-state index >= 15 is 0 Å². The Bertz CT molecular complexity index is 406. The molecule has 0 bridgehead atoms. The molecule has 1 aliphatic heterocycles. The average molecular weight is 280 g/mol. The number of aliphatic carboxylic acids is 1. The number of nitrogens with one attached hydrogen (secondary N) is 2. The first-order valence-corrected chi connectivity index (χ1v) is 6.94. The molecule has 1 heterocycles. The van der Waals surface area contributed by atoms with Crippen LogP contribution in [0.25, 0.3) is 0 Å². The molecular formula is C15H24N2O3. The van der Waals surface area contributed by atoms with Crippen molar-refractivity contribution in [3.63, 3.8) is 0 Å². The minimum atomic E-state index is -0.866. The number of carbonyl (C=O) groups is 2. The van der Waals surface area contributed by atoms with Gasteiger partial charge in [-0.2, -0.15) is 0 Å². The SMILES string of the molecule is C=C[C@@H]1C[C@H](C(=O)O)NC1[C@H](CC(=C)CC)NC(C)=O. The number of hydrogen-bond acceptors (Lipinski definition) is 3. The molecule has 112 valence electrons. The van der Waals surface area contributed by atoms with Gasteiger partial charge >= 0.3 is 5.97 Å². The smallest absolute Gasteiger partial charge is 0.320 e. The van der Waals surface area contributed by atoms with Gasteiger partial charge < -0.3 is 10.4 Å². The molecule has 1 rings (SSSR count). The standard InChI is InChI=1S/C15H24N2O3/c1-5-9(3)7-12(16-10(4)18)14-11(6-2)8-13(17-14)15(19)20/h6,11-14,17H,2-3,5,7-8H2,1,4H3,(H,16,18)(H,19,20)/t11-,12+,13-,14?/m1/s1. The Balaban J connectivity index is 2.87. The largest absolute Gasteiger partial charge is 0.480 e. The maximum absolute atomic E-state index is 11.4. The summed E-state index contributed by atoms with van der Waals surface area (Å²) in [6.45, 7) is 11.2. The molecule has 1 aliphatic rings. The van der Waals surface area contributed by atoms with Crippen LogP contribution >= 0.6 is 0 Å². The molecule has 1 fully saturated rings. The van der Waals surface area contributed by atoms with Crippen LogP contribution in [0, 0.1) is 5.92 Å². The lowest BCUT2D eigenvalue weighted by molar-refractivity contribution is -0.139. The van der Waals surface area contributed by atoms with Crippen LogP contribution in [0.4, 0.5) is 0 Å². The molecule has 1 unspecified atom stereocenters. The second-order valence-corrected chi connectivity index (χ2v) is 5.33. The van der Waals surface area contributed by atoms with E-state index in [4.69, 9.17) is 5.11 Å². The molecule has 0 aromatic heterocycles. The van der Waals surface area contributed by atoms with Crippen molar-refractivity contribution in [3.8, 4) is 0 Å². The first-order valence-electron chi connectivity index (χ1n) is 6.94. The molecule has 3 N–H and O–H groups in total. The predicted molar refractivity (Wildman–Crippen MR) is 78.3 cm³/mol. The number of carbonyl (C=O) groups excluding carboxylic acids is 1. The van der Waals surface area contributed by atoms with Crippen molar-refractivity contribution < 1.29 is 14.7 Å². The zero-order valence-electron chi connectivity index (χ0n) is 12.2. The van der Waals surface area contributed by atoms with Gasteiger partial charge in [0.1, 0.15) is 6.04 Å². The van der Waals surface area contributed by atoms with Gasteiger partial charge in [0.25, 0.3) is 0 Å². The first-order chi connectivity index (χ1) is 9.38. The Morgan fingerprint density at radius 2 is 2.20 bits per heavy atom. The van der Waals surface area contributed by atoms with Gasteiger partial charge in [0.15, 0.2) is 0 Å². The van der Waals surface area contributed by atoms with E-state index in [1.165, 1.54) is 6.92 Å². The van der Waals surface area contributed by atoms with Crippen LogP contribution in [0.15, 0.2) is 24.8 Å². The Labute approximate surface area is 120 Å². The van der Waals surface area contributed by atoms with Gasteiger partial charge in [-0.15, -0.1) is 6.58 Å². The monoisotopic (exact) mass is 280 g/mol. The molecule has 1 saturated heterocycles. The van der Waals surface area contributed by atoms with E-state index in [9.17, 15) is 9.59 Å². The highest BCUT2D eigenvalue weighted by Crippen LogP contribution is 2.27. The predicted octanol–water partition coefficient (Wildman–Crippen LogP) is 1.46. The molecule has 0 aliphatic carbocycles. The third-order valence-electron chi connectivity index (χ3n) is 3.79. The first kappa shape index (κ1) is 16.4. The molecule has 5 heteroatoms. The highest BCUT2D eigenvalue weighted by Gasteiger charge is 2.40. The fraction of sp³-hybridized carbons (Fsp3) is 0.600. The third kappa shape index (κ3) is 4.20. The number of rotatable bonds is 7. The quantitative estimate of drug-likeness (QED) is 0.617. The number of amides is 1. The van der Waals surface area contributed by atoms with Crippen molar-refractivity contribution in [3.05, 3.63) is 24.8 Å². The van der Waals surface area contributed by atoms with Crippen LogP contribution in [0.2, 0.25) is 0 Å². The Hall–Kier alpha value is -1.62. The van der Waals surface area contributed by atoms with Crippen LogP contribution in [-0.2, 0) is 9.59 Å². The van der Waals surface area contributed by atoms with Crippen LogP contribution in [-0.4, -0.2) is 35.1 Å². The summed E-state index contributed by atoms with van der Waals surface area (Å²) in [5.41, 5.74) is 1.03. The maximum atomic E-state index is 11.4. The summed E-state index contributed by atoms with van der Waals surface area (Å²) in [5, 5.41) is 15.1. The summed E-state index contributed by atoms with van der Waals surface area (Å²) in [7, 11) is 0. The maximum Gasteiger partial charge on any atom is 0.320 e. The number of hydrogen-bond donors (Lipinski definition) is 3. The molecule has 0 radical (unpaired) electrons. The summed E-state index contributed by atoms with van der Waals surface area (Å²) in [6.07, 6.45) is 3.75. The van der Waals surface area contributed by atoms with Gasteiger partial charge in [0.05, 0.1) is 0 Å². The molecule has 0 spiro atoms. The summed E-state index contributed by atoms with van der Waals surface area (Å²) >= 11 is 0. The minimum absolute atomic E-state index is 0.0256. The van der Waals surface area contributed by atoms with E-state index in [2.05, 4.69) is 23.8 Å². The molecule has 4 atom stereocenters. The zero-order chi connectivity index (χ0) is 15.3. The van der Waals surface area contributed by atoms with Gasteiger partial charge in [0.2, 0.25) is 5.91 Å². The van der Waals surface area contributed by atoms with Crippen LogP contribution < -0.4 is 10.6 Å². The van der Waals surface area contributed by atoms with E-state index in [1.807, 2.05) is 6.92 Å². The lowest BCUT2D eigenvalue weighted by atomic mass is 9.89. The Morgan fingerprint density at radius 3 is 2.65 bits per heavy atom. The van der Waals surface area contributed by atoms with E-state index in [0.717, 1.165) is 12.0 Å². The minimum Gasteiger partial charge on any atom is -0.480 e. The van der Waals surface area contributed by atoms with Crippen LogP contribution in [0.5, 0.6) is 0 Å². The molecule has 1 amide bonds. The molecule has 0 aromatic rings. The molecule has 20 heavy (non-hydrogen) atoms. The zero-order valence-corrected chi connectivity index (χ0v) is 12.2. The van der Waals surface area contributed by atoms with Gasteiger partial charge in [0, 0.05) is 19.0 Å². The highest BCUT2D eigenvalue weighted by molar-refractivity contribution is 5.75. The summed E-state index contributed by atoms with van der Waals surface area (Å²) in [5.74, 6) is -0.963. The number of carboxylic acids is 1. The van der Waals surface area contributed by atoms with Crippen molar-refractivity contribution in [2.75, 3.05) is 0 Å². The lowest BCUT2D eigenvalue weighted by Crippen LogP contribution is -2.51. The van der Waals surface area contributed by atoms with Crippen molar-refractivity contribution in [2.45, 2.75) is 51.2 Å². The fourth-order valence-electron chi connectivity index (χ4n) is 2.66.